The topological polar surface area (TPSA) is 64.3 Å². The first-order chi connectivity index (χ1) is 11.1. The zero-order valence-corrected chi connectivity index (χ0v) is 15.7. The second kappa shape index (κ2) is 8.62. The molecule has 1 aliphatic rings. The molecule has 0 unspecified atom stereocenters. The number of carbonyl (C=O) groups excluding carboxylic acids is 1. The first-order valence-corrected chi connectivity index (χ1v) is 8.76. The number of nitrogens with one attached hydrogen (secondary N) is 2. The van der Waals surface area contributed by atoms with Crippen LogP contribution in [0.2, 0.25) is 0 Å². The first kappa shape index (κ1) is 18.9. The molecule has 2 aromatic rings. The summed E-state index contributed by atoms with van der Waals surface area (Å²) in [6, 6.07) is 4.09. The van der Waals surface area contributed by atoms with Crippen molar-refractivity contribution in [3.05, 3.63) is 39.3 Å². The quantitative estimate of drug-likeness (QED) is 0.814. The molecule has 3 heterocycles. The van der Waals surface area contributed by atoms with Crippen molar-refractivity contribution in [3.63, 3.8) is 0 Å². The van der Waals surface area contributed by atoms with Gasteiger partial charge in [0.2, 0.25) is 0 Å². The van der Waals surface area contributed by atoms with Gasteiger partial charge in [0.15, 0.2) is 5.69 Å². The Morgan fingerprint density at radius 3 is 2.92 bits per heavy atom. The van der Waals surface area contributed by atoms with Gasteiger partial charge in [0, 0.05) is 48.7 Å². The van der Waals surface area contributed by atoms with Gasteiger partial charge >= 0.3 is 0 Å². The lowest BCUT2D eigenvalue weighted by atomic mass is 10.1. The Hall–Kier alpha value is -1.41. The van der Waals surface area contributed by atoms with Crippen LogP contribution in [0.5, 0.6) is 0 Å². The molecule has 0 atom stereocenters. The van der Waals surface area contributed by atoms with Crippen LogP contribution in [0, 0.1) is 0 Å². The second-order valence-electron chi connectivity index (χ2n) is 6.07. The molecular weight excluding hydrogens is 346 g/mol. The van der Waals surface area contributed by atoms with Gasteiger partial charge in [0.05, 0.1) is 6.54 Å². The number of aromatic nitrogens is 2. The molecular formula is C16H24ClN5OS. The van der Waals surface area contributed by atoms with Gasteiger partial charge in [-0.25, -0.2) is 0 Å². The Labute approximate surface area is 152 Å². The molecule has 8 heteroatoms. The van der Waals surface area contributed by atoms with Crippen LogP contribution < -0.4 is 5.32 Å². The Kier molecular flexibility index (Phi) is 6.79. The number of aromatic amines is 1. The van der Waals surface area contributed by atoms with Gasteiger partial charge in [-0.3, -0.25) is 9.89 Å². The molecule has 2 N–H and O–H groups in total. The van der Waals surface area contributed by atoms with E-state index in [1.54, 1.807) is 11.3 Å². The van der Waals surface area contributed by atoms with Crippen LogP contribution in [0.15, 0.2) is 17.5 Å². The predicted molar refractivity (Wildman–Crippen MR) is 98.9 cm³/mol. The van der Waals surface area contributed by atoms with E-state index in [2.05, 4.69) is 26.5 Å². The lowest BCUT2D eigenvalue weighted by molar-refractivity contribution is 0.0726. The highest BCUT2D eigenvalue weighted by atomic mass is 35.5. The molecule has 0 radical (unpaired) electrons. The number of thiophene rings is 1. The number of hydrogen-bond donors (Lipinski definition) is 2. The van der Waals surface area contributed by atoms with E-state index < -0.39 is 0 Å². The summed E-state index contributed by atoms with van der Waals surface area (Å²) in [7, 11) is 4.04. The number of amides is 1. The number of nitrogens with zero attached hydrogens (tertiary/aromatic N) is 3. The minimum Gasteiger partial charge on any atom is -0.331 e. The highest BCUT2D eigenvalue weighted by Gasteiger charge is 2.25. The van der Waals surface area contributed by atoms with Crippen molar-refractivity contribution in [1.82, 2.24) is 25.3 Å². The van der Waals surface area contributed by atoms with Gasteiger partial charge in [0.1, 0.15) is 0 Å². The Balaban J connectivity index is 0.00000208. The summed E-state index contributed by atoms with van der Waals surface area (Å²) in [6.45, 7) is 3.82. The van der Waals surface area contributed by atoms with Gasteiger partial charge < -0.3 is 15.1 Å². The van der Waals surface area contributed by atoms with Crippen molar-refractivity contribution in [1.29, 1.82) is 0 Å². The second-order valence-corrected chi connectivity index (χ2v) is 7.10. The predicted octanol–water partition coefficient (Wildman–Crippen LogP) is 1.74. The minimum absolute atomic E-state index is 0. The number of fused-ring (bicyclic) bond motifs is 1. The van der Waals surface area contributed by atoms with Crippen molar-refractivity contribution in [3.8, 4) is 0 Å². The molecule has 0 spiro atoms. The van der Waals surface area contributed by atoms with Crippen molar-refractivity contribution >= 4 is 29.7 Å². The molecule has 0 saturated carbocycles. The van der Waals surface area contributed by atoms with Crippen molar-refractivity contribution in [2.45, 2.75) is 19.5 Å². The fourth-order valence-electron chi connectivity index (χ4n) is 2.72. The zero-order chi connectivity index (χ0) is 16.2. The van der Waals surface area contributed by atoms with Gasteiger partial charge in [-0.05, 0) is 25.5 Å². The van der Waals surface area contributed by atoms with Crippen LogP contribution in [0.4, 0.5) is 0 Å². The number of likely N-dealkylation sites (N-methyl/N-ethyl adjacent to an activating group) is 1. The summed E-state index contributed by atoms with van der Waals surface area (Å²) in [5.74, 6) is 0.0152. The maximum atomic E-state index is 13.0. The van der Waals surface area contributed by atoms with Crippen molar-refractivity contribution in [2.24, 2.45) is 0 Å². The van der Waals surface area contributed by atoms with E-state index in [4.69, 9.17) is 0 Å². The van der Waals surface area contributed by atoms with E-state index in [-0.39, 0.29) is 18.3 Å². The summed E-state index contributed by atoms with van der Waals surface area (Å²) in [5.41, 5.74) is 2.69. The van der Waals surface area contributed by atoms with Crippen LogP contribution in [0.3, 0.4) is 0 Å². The van der Waals surface area contributed by atoms with Crippen LogP contribution in [-0.2, 0) is 19.5 Å². The van der Waals surface area contributed by atoms with Crippen LogP contribution >= 0.6 is 23.7 Å². The summed E-state index contributed by atoms with van der Waals surface area (Å²) < 4.78 is 0. The van der Waals surface area contributed by atoms with Gasteiger partial charge in [0.25, 0.3) is 5.91 Å². The fraction of sp³-hybridized carbons (Fsp3) is 0.500. The average Bonchev–Trinajstić information content (AvgIpc) is 3.20. The molecule has 1 amide bonds. The highest BCUT2D eigenvalue weighted by Crippen LogP contribution is 2.19. The molecule has 132 valence electrons. The lowest BCUT2D eigenvalue weighted by Crippen LogP contribution is -2.37. The number of hydrogen-bond acceptors (Lipinski definition) is 5. The van der Waals surface area contributed by atoms with E-state index in [0.717, 1.165) is 30.8 Å². The number of halogens is 1. The molecule has 24 heavy (non-hydrogen) atoms. The summed E-state index contributed by atoms with van der Waals surface area (Å²) in [6.07, 6.45) is 0.901. The minimum atomic E-state index is 0. The Bertz CT molecular complexity index is 655. The largest absolute Gasteiger partial charge is 0.331 e. The average molecular weight is 370 g/mol. The Morgan fingerprint density at radius 2 is 2.21 bits per heavy atom. The van der Waals surface area contributed by atoms with Crippen LogP contribution in [-0.4, -0.2) is 59.6 Å². The monoisotopic (exact) mass is 369 g/mol. The molecule has 0 bridgehead atoms. The number of carbonyl (C=O) groups is 1. The van der Waals surface area contributed by atoms with E-state index in [1.165, 1.54) is 4.88 Å². The Morgan fingerprint density at radius 1 is 1.38 bits per heavy atom. The van der Waals surface area contributed by atoms with E-state index in [1.807, 2.05) is 30.4 Å². The third-order valence-electron chi connectivity index (χ3n) is 4.04. The van der Waals surface area contributed by atoms with Gasteiger partial charge in [-0.15, -0.1) is 23.7 Å². The molecule has 0 fully saturated rings. The van der Waals surface area contributed by atoms with Crippen molar-refractivity contribution in [2.75, 3.05) is 33.7 Å². The van der Waals surface area contributed by atoms with E-state index >= 15 is 0 Å². The maximum absolute atomic E-state index is 13.0. The standard InChI is InChI=1S/C16H23N5OS.ClH/c1-20(2)7-8-21(11-12-4-3-9-23-12)16(22)15-13-10-17-6-5-14(13)18-19-15;/h3-4,9,17H,5-8,10-11H2,1-2H3,(H,18,19);1H. The molecule has 3 rings (SSSR count). The molecule has 1 aliphatic heterocycles. The smallest absolute Gasteiger partial charge is 0.275 e. The fourth-order valence-corrected chi connectivity index (χ4v) is 3.44. The van der Waals surface area contributed by atoms with Crippen molar-refractivity contribution < 1.29 is 4.79 Å². The molecule has 6 nitrogen and oxygen atoms in total. The summed E-state index contributed by atoms with van der Waals surface area (Å²) in [5, 5.41) is 12.7. The molecule has 0 aromatic carbocycles. The molecule has 0 saturated heterocycles. The van der Waals surface area contributed by atoms with Crippen LogP contribution in [0.25, 0.3) is 0 Å². The van der Waals surface area contributed by atoms with Crippen LogP contribution in [0.1, 0.15) is 26.6 Å². The maximum Gasteiger partial charge on any atom is 0.275 e. The molecule has 2 aromatic heterocycles. The van der Waals surface area contributed by atoms with E-state index in [9.17, 15) is 4.79 Å². The van der Waals surface area contributed by atoms with Gasteiger partial charge in [-0.2, -0.15) is 5.10 Å². The van der Waals surface area contributed by atoms with E-state index in [0.29, 0.717) is 25.3 Å². The molecule has 0 aliphatic carbocycles. The van der Waals surface area contributed by atoms with Gasteiger partial charge in [-0.1, -0.05) is 6.07 Å². The SMILES string of the molecule is CN(C)CCN(Cc1cccs1)C(=O)c1n[nH]c2c1CNCC2.Cl. The first-order valence-electron chi connectivity index (χ1n) is 7.88. The zero-order valence-electron chi connectivity index (χ0n) is 14.0. The third-order valence-corrected chi connectivity index (χ3v) is 4.90. The third kappa shape index (κ3) is 4.36. The highest BCUT2D eigenvalue weighted by molar-refractivity contribution is 7.09. The summed E-state index contributed by atoms with van der Waals surface area (Å²) >= 11 is 1.68. The normalized spacial score (nSPS) is 13.5. The summed E-state index contributed by atoms with van der Waals surface area (Å²) in [4.78, 5) is 18.2. The number of rotatable bonds is 6. The number of H-pyrrole nitrogens is 1. The lowest BCUT2D eigenvalue weighted by Gasteiger charge is -2.24.